The van der Waals surface area contributed by atoms with Crippen molar-refractivity contribution >= 4 is 11.9 Å². The van der Waals surface area contributed by atoms with Crippen LogP contribution in [0.5, 0.6) is 0 Å². The number of aromatic nitrogens is 2. The minimum absolute atomic E-state index is 0.000630. The van der Waals surface area contributed by atoms with E-state index in [0.29, 0.717) is 19.7 Å². The molecule has 0 unspecified atom stereocenters. The van der Waals surface area contributed by atoms with Crippen molar-refractivity contribution in [3.05, 3.63) is 17.7 Å². The van der Waals surface area contributed by atoms with Gasteiger partial charge in [-0.3, -0.25) is 9.59 Å². The van der Waals surface area contributed by atoms with E-state index in [0.717, 1.165) is 17.9 Å². The zero-order chi connectivity index (χ0) is 15.4. The first-order valence-corrected chi connectivity index (χ1v) is 7.09. The summed E-state index contributed by atoms with van der Waals surface area (Å²) in [7, 11) is 1.47. The largest absolute Gasteiger partial charge is 0.465 e. The van der Waals surface area contributed by atoms with Gasteiger partial charge in [-0.05, 0) is 13.8 Å². The quantitative estimate of drug-likeness (QED) is 0.741. The second-order valence-corrected chi connectivity index (χ2v) is 4.87. The Balaban J connectivity index is 2.31. The number of carbonyl (C=O) groups excluding carboxylic acids is 2. The van der Waals surface area contributed by atoms with Crippen molar-refractivity contribution in [1.29, 1.82) is 0 Å². The van der Waals surface area contributed by atoms with Crippen molar-refractivity contribution in [3.8, 4) is 0 Å². The van der Waals surface area contributed by atoms with Gasteiger partial charge in [0.05, 0.1) is 30.9 Å². The molecule has 2 rings (SSSR count). The van der Waals surface area contributed by atoms with Crippen LogP contribution in [0.1, 0.15) is 31.2 Å². The van der Waals surface area contributed by atoms with Crippen molar-refractivity contribution in [2.24, 2.45) is 0 Å². The Morgan fingerprint density at radius 3 is 2.81 bits per heavy atom. The molecule has 1 aliphatic heterocycles. The van der Waals surface area contributed by atoms with Crippen molar-refractivity contribution in [3.63, 3.8) is 0 Å². The molecule has 21 heavy (non-hydrogen) atoms. The zero-order valence-electron chi connectivity index (χ0n) is 12.7. The standard InChI is InChI=1S/C14H21N3O4/c1-4-16-9-15-11-7-17(12(18)8-20-3)6-10(13(11)16)14(19)21-5-2/h9-10H,4-8H2,1-3H3/t10-/m0/s1. The molecule has 0 N–H and O–H groups in total. The number of imidazole rings is 1. The van der Waals surface area contributed by atoms with Gasteiger partial charge in [0.15, 0.2) is 0 Å². The average Bonchev–Trinajstić information content (AvgIpc) is 2.89. The van der Waals surface area contributed by atoms with Gasteiger partial charge in [0.1, 0.15) is 12.5 Å². The molecule has 1 aromatic heterocycles. The Bertz CT molecular complexity index is 526. The third-order valence-corrected chi connectivity index (χ3v) is 3.56. The summed E-state index contributed by atoms with van der Waals surface area (Å²) in [5, 5.41) is 0. The summed E-state index contributed by atoms with van der Waals surface area (Å²) in [4.78, 5) is 30.2. The molecule has 1 atom stereocenters. The molecule has 0 fully saturated rings. The minimum Gasteiger partial charge on any atom is -0.465 e. The van der Waals surface area contributed by atoms with E-state index in [2.05, 4.69) is 4.98 Å². The van der Waals surface area contributed by atoms with E-state index < -0.39 is 5.92 Å². The first-order chi connectivity index (χ1) is 10.1. The number of rotatable bonds is 5. The highest BCUT2D eigenvalue weighted by Gasteiger charge is 2.36. The van der Waals surface area contributed by atoms with Gasteiger partial charge in [-0.25, -0.2) is 4.98 Å². The van der Waals surface area contributed by atoms with Crippen LogP contribution in [0, 0.1) is 0 Å². The molecule has 2 heterocycles. The van der Waals surface area contributed by atoms with Crippen molar-refractivity contribution in [1.82, 2.24) is 14.5 Å². The molecule has 0 saturated heterocycles. The summed E-state index contributed by atoms with van der Waals surface area (Å²) in [5.41, 5.74) is 1.61. The van der Waals surface area contributed by atoms with Crippen LogP contribution < -0.4 is 0 Å². The number of hydrogen-bond acceptors (Lipinski definition) is 5. The molecule has 0 radical (unpaired) electrons. The topological polar surface area (TPSA) is 73.7 Å². The van der Waals surface area contributed by atoms with Gasteiger partial charge in [-0.15, -0.1) is 0 Å². The number of esters is 1. The fourth-order valence-electron chi connectivity index (χ4n) is 2.59. The molecule has 0 bridgehead atoms. The smallest absolute Gasteiger partial charge is 0.316 e. The van der Waals surface area contributed by atoms with Crippen molar-refractivity contribution in [2.45, 2.75) is 32.9 Å². The maximum absolute atomic E-state index is 12.2. The Labute approximate surface area is 123 Å². The Kier molecular flexibility index (Phi) is 4.95. The van der Waals surface area contributed by atoms with Crippen LogP contribution in [0.25, 0.3) is 0 Å². The highest BCUT2D eigenvalue weighted by molar-refractivity contribution is 5.82. The van der Waals surface area contributed by atoms with E-state index in [9.17, 15) is 9.59 Å². The van der Waals surface area contributed by atoms with Gasteiger partial charge in [-0.1, -0.05) is 0 Å². The second kappa shape index (κ2) is 6.71. The van der Waals surface area contributed by atoms with Crippen LogP contribution in [-0.4, -0.2) is 53.2 Å². The fraction of sp³-hybridized carbons (Fsp3) is 0.643. The molecule has 116 valence electrons. The summed E-state index contributed by atoms with van der Waals surface area (Å²) in [6.45, 7) is 5.51. The van der Waals surface area contributed by atoms with Crippen LogP contribution in [0.2, 0.25) is 0 Å². The molecule has 1 aliphatic rings. The molecule has 7 nitrogen and oxygen atoms in total. The van der Waals surface area contributed by atoms with E-state index in [1.165, 1.54) is 7.11 Å². The number of ether oxygens (including phenoxy) is 2. The van der Waals surface area contributed by atoms with Crippen LogP contribution >= 0.6 is 0 Å². The third-order valence-electron chi connectivity index (χ3n) is 3.56. The molecular formula is C14H21N3O4. The highest BCUT2D eigenvalue weighted by atomic mass is 16.5. The molecular weight excluding hydrogens is 274 g/mol. The van der Waals surface area contributed by atoms with Gasteiger partial charge in [0.2, 0.25) is 5.91 Å². The van der Waals surface area contributed by atoms with Gasteiger partial charge in [0.25, 0.3) is 0 Å². The average molecular weight is 295 g/mol. The van der Waals surface area contributed by atoms with Gasteiger partial charge >= 0.3 is 5.97 Å². The predicted molar refractivity (Wildman–Crippen MR) is 74.6 cm³/mol. The van der Waals surface area contributed by atoms with E-state index in [1.54, 1.807) is 18.2 Å². The van der Waals surface area contributed by atoms with Crippen molar-refractivity contribution < 1.29 is 19.1 Å². The third kappa shape index (κ3) is 3.07. The lowest BCUT2D eigenvalue weighted by atomic mass is 9.98. The monoisotopic (exact) mass is 295 g/mol. The van der Waals surface area contributed by atoms with Crippen LogP contribution in [0.3, 0.4) is 0 Å². The molecule has 0 spiro atoms. The van der Waals surface area contributed by atoms with E-state index >= 15 is 0 Å². The molecule has 1 amide bonds. The fourth-order valence-corrected chi connectivity index (χ4v) is 2.59. The first kappa shape index (κ1) is 15.5. The van der Waals surface area contributed by atoms with E-state index in [-0.39, 0.29) is 18.5 Å². The van der Waals surface area contributed by atoms with E-state index in [1.807, 2.05) is 11.5 Å². The number of hydrogen-bond donors (Lipinski definition) is 0. The maximum Gasteiger partial charge on any atom is 0.316 e. The maximum atomic E-state index is 12.2. The zero-order valence-corrected chi connectivity index (χ0v) is 12.7. The van der Waals surface area contributed by atoms with Crippen LogP contribution in [-0.2, 0) is 32.2 Å². The number of amides is 1. The summed E-state index contributed by atoms with van der Waals surface area (Å²) in [5.74, 6) is -0.954. The van der Waals surface area contributed by atoms with Gasteiger partial charge < -0.3 is 18.9 Å². The molecule has 0 aromatic carbocycles. The Morgan fingerprint density at radius 1 is 1.43 bits per heavy atom. The molecule has 0 saturated carbocycles. The molecule has 1 aromatic rings. The summed E-state index contributed by atoms with van der Waals surface area (Å²) in [6, 6.07) is 0. The molecule has 7 heteroatoms. The lowest BCUT2D eigenvalue weighted by Gasteiger charge is -2.31. The SMILES string of the molecule is CCOC(=O)[C@H]1CN(C(=O)COC)Cc2ncn(CC)c21. The number of aryl methyl sites for hydroxylation is 1. The number of fused-ring (bicyclic) bond motifs is 1. The number of methoxy groups -OCH3 is 1. The normalized spacial score (nSPS) is 17.5. The second-order valence-electron chi connectivity index (χ2n) is 4.87. The summed E-state index contributed by atoms with van der Waals surface area (Å²) < 4.78 is 12.0. The number of nitrogens with zero attached hydrogens (tertiary/aromatic N) is 3. The molecule has 0 aliphatic carbocycles. The van der Waals surface area contributed by atoms with Gasteiger partial charge in [-0.2, -0.15) is 0 Å². The number of carbonyl (C=O) groups is 2. The van der Waals surface area contributed by atoms with Crippen molar-refractivity contribution in [2.75, 3.05) is 26.9 Å². The van der Waals surface area contributed by atoms with Crippen LogP contribution in [0.15, 0.2) is 6.33 Å². The Hall–Kier alpha value is -1.89. The lowest BCUT2D eigenvalue weighted by molar-refractivity contribution is -0.147. The van der Waals surface area contributed by atoms with Crippen LogP contribution in [0.4, 0.5) is 0 Å². The minimum atomic E-state index is -0.489. The first-order valence-electron chi connectivity index (χ1n) is 7.09. The summed E-state index contributed by atoms with van der Waals surface area (Å²) in [6.07, 6.45) is 1.71. The highest BCUT2D eigenvalue weighted by Crippen LogP contribution is 2.29. The van der Waals surface area contributed by atoms with Gasteiger partial charge in [0, 0.05) is 20.2 Å². The summed E-state index contributed by atoms with van der Waals surface area (Å²) >= 11 is 0. The van der Waals surface area contributed by atoms with E-state index in [4.69, 9.17) is 9.47 Å². The predicted octanol–water partition coefficient (Wildman–Crippen LogP) is 0.538. The lowest BCUT2D eigenvalue weighted by Crippen LogP contribution is -2.43. The Morgan fingerprint density at radius 2 is 2.19 bits per heavy atom.